The van der Waals surface area contributed by atoms with Gasteiger partial charge in [-0.25, -0.2) is 0 Å². The van der Waals surface area contributed by atoms with Gasteiger partial charge in [0.1, 0.15) is 5.75 Å². The average molecular weight is 192 g/mol. The smallest absolute Gasteiger partial charge is 0.327 e. The van der Waals surface area contributed by atoms with Crippen molar-refractivity contribution in [2.24, 2.45) is 0 Å². The zero-order valence-corrected chi connectivity index (χ0v) is 6.58. The highest BCUT2D eigenvalue weighted by molar-refractivity contribution is 7.86. The zero-order chi connectivity index (χ0) is 9.19. The van der Waals surface area contributed by atoms with Crippen molar-refractivity contribution in [3.05, 3.63) is 24.3 Å². The molecule has 0 saturated carbocycles. The van der Waals surface area contributed by atoms with E-state index in [1.807, 2.05) is 0 Å². The van der Waals surface area contributed by atoms with Crippen molar-refractivity contribution in [2.45, 2.75) is 4.90 Å². The molecule has 4 nitrogen and oxygen atoms in total. The van der Waals surface area contributed by atoms with Crippen LogP contribution in [0.3, 0.4) is 0 Å². The highest BCUT2D eigenvalue weighted by Gasteiger charge is 2.14. The molecule has 1 N–H and O–H groups in total. The number of hydrogen-bond donors (Lipinski definition) is 1. The van der Waals surface area contributed by atoms with E-state index in [0.29, 0.717) is 0 Å². The zero-order valence-electron chi connectivity index (χ0n) is 5.77. The number of phenols is 1. The second-order valence-corrected chi connectivity index (χ2v) is 3.52. The third-order valence-electron chi connectivity index (χ3n) is 1.21. The molecular weight excluding hydrogens is 187 g/mol. The summed E-state index contributed by atoms with van der Waals surface area (Å²) in [5.74, 6) is -0.104. The first kappa shape index (κ1) is 8.95. The minimum Gasteiger partial charge on any atom is -0.508 e. The van der Waals surface area contributed by atoms with E-state index in [-0.39, 0.29) is 10.6 Å². The molecule has 1 aromatic rings. The molecule has 0 fully saturated rings. The standard InChI is InChI=1S/C6H5FO4S/c7-11-12(9,10)6-3-1-5(8)2-4-6/h1-4,8H. The maximum absolute atomic E-state index is 11.4. The van der Waals surface area contributed by atoms with Gasteiger partial charge in [-0.2, -0.15) is 8.42 Å². The predicted octanol–water partition coefficient (Wildman–Crippen LogP) is 0.982. The Morgan fingerprint density at radius 3 is 2.17 bits per heavy atom. The molecule has 1 aromatic carbocycles. The van der Waals surface area contributed by atoms with Gasteiger partial charge < -0.3 is 5.11 Å². The van der Waals surface area contributed by atoms with E-state index in [2.05, 4.69) is 4.39 Å². The second kappa shape index (κ2) is 3.08. The van der Waals surface area contributed by atoms with Crippen LogP contribution < -0.4 is 0 Å². The Hall–Kier alpha value is -1.14. The normalized spacial score (nSPS) is 11.4. The number of benzene rings is 1. The summed E-state index contributed by atoms with van der Waals surface area (Å²) < 4.78 is 35.4. The fourth-order valence-corrected chi connectivity index (χ4v) is 1.19. The first-order valence-corrected chi connectivity index (χ1v) is 4.31. The maximum Gasteiger partial charge on any atom is 0.327 e. The Morgan fingerprint density at radius 1 is 1.25 bits per heavy atom. The number of aromatic hydroxyl groups is 1. The minimum absolute atomic E-state index is 0.104. The number of hydrogen-bond acceptors (Lipinski definition) is 4. The van der Waals surface area contributed by atoms with Crippen LogP contribution in [0.2, 0.25) is 0 Å². The van der Waals surface area contributed by atoms with E-state index in [1.54, 1.807) is 0 Å². The maximum atomic E-state index is 11.4. The lowest BCUT2D eigenvalue weighted by molar-refractivity contribution is 0.00285. The quantitative estimate of drug-likeness (QED) is 0.758. The van der Waals surface area contributed by atoms with Crippen LogP contribution in [0.25, 0.3) is 0 Å². The minimum atomic E-state index is -4.29. The second-order valence-electron chi connectivity index (χ2n) is 2.01. The lowest BCUT2D eigenvalue weighted by Crippen LogP contribution is -1.99. The van der Waals surface area contributed by atoms with Gasteiger partial charge in [-0.3, -0.25) is 0 Å². The molecule has 0 aliphatic heterocycles. The van der Waals surface area contributed by atoms with E-state index < -0.39 is 10.1 Å². The first-order valence-electron chi connectivity index (χ1n) is 2.90. The van der Waals surface area contributed by atoms with Crippen LogP contribution in [0.1, 0.15) is 0 Å². The van der Waals surface area contributed by atoms with Crippen LogP contribution in [0, 0.1) is 0 Å². The summed E-state index contributed by atoms with van der Waals surface area (Å²) in [4.78, 5) is -0.345. The lowest BCUT2D eigenvalue weighted by atomic mass is 10.3. The van der Waals surface area contributed by atoms with Gasteiger partial charge in [0.2, 0.25) is 0 Å². The molecule has 66 valence electrons. The van der Waals surface area contributed by atoms with Crippen LogP contribution in [0.15, 0.2) is 29.2 Å². The lowest BCUT2D eigenvalue weighted by Gasteiger charge is -1.96. The molecular formula is C6H5FO4S. The number of phenolic OH excluding ortho intramolecular Hbond substituents is 1. The van der Waals surface area contributed by atoms with Crippen LogP contribution in [0.5, 0.6) is 5.75 Å². The summed E-state index contributed by atoms with van der Waals surface area (Å²) in [6.07, 6.45) is 0. The summed E-state index contributed by atoms with van der Waals surface area (Å²) in [5.41, 5.74) is 0. The van der Waals surface area contributed by atoms with Crippen molar-refractivity contribution < 1.29 is 22.4 Å². The topological polar surface area (TPSA) is 63.6 Å². The highest BCUT2D eigenvalue weighted by Crippen LogP contribution is 2.16. The molecule has 12 heavy (non-hydrogen) atoms. The van der Waals surface area contributed by atoms with Gasteiger partial charge >= 0.3 is 10.1 Å². The van der Waals surface area contributed by atoms with Gasteiger partial charge in [0.15, 0.2) is 0 Å². The molecule has 0 radical (unpaired) electrons. The molecule has 0 heterocycles. The monoisotopic (exact) mass is 192 g/mol. The summed E-state index contributed by atoms with van der Waals surface area (Å²) >= 11 is 0. The fourth-order valence-electron chi connectivity index (χ4n) is 0.649. The van der Waals surface area contributed by atoms with Gasteiger partial charge in [-0.15, -0.1) is 0 Å². The van der Waals surface area contributed by atoms with E-state index in [0.717, 1.165) is 24.3 Å². The van der Waals surface area contributed by atoms with Gasteiger partial charge in [0.05, 0.1) is 4.90 Å². The largest absolute Gasteiger partial charge is 0.508 e. The summed E-state index contributed by atoms with van der Waals surface area (Å²) in [6.45, 7) is 0. The van der Waals surface area contributed by atoms with Crippen molar-refractivity contribution >= 4 is 10.1 Å². The van der Waals surface area contributed by atoms with Gasteiger partial charge in [0.25, 0.3) is 0 Å². The van der Waals surface area contributed by atoms with Gasteiger partial charge in [0, 0.05) is 0 Å². The van der Waals surface area contributed by atoms with Crippen LogP contribution in [0.4, 0.5) is 4.53 Å². The highest BCUT2D eigenvalue weighted by atomic mass is 32.2. The van der Waals surface area contributed by atoms with Crippen molar-refractivity contribution in [2.75, 3.05) is 0 Å². The molecule has 1 rings (SSSR count). The first-order chi connectivity index (χ1) is 5.56. The number of halogens is 1. The van der Waals surface area contributed by atoms with Crippen molar-refractivity contribution in [3.63, 3.8) is 0 Å². The molecule has 0 aliphatic rings. The van der Waals surface area contributed by atoms with Gasteiger partial charge in [-0.05, 0) is 28.8 Å². The molecule has 0 aromatic heterocycles. The van der Waals surface area contributed by atoms with Crippen LogP contribution >= 0.6 is 0 Å². The molecule has 0 bridgehead atoms. The molecule has 0 unspecified atom stereocenters. The van der Waals surface area contributed by atoms with Gasteiger partial charge in [-0.1, -0.05) is 4.39 Å². The Bertz CT molecular complexity index is 356. The third kappa shape index (κ3) is 1.72. The Balaban J connectivity index is 3.14. The third-order valence-corrected chi connectivity index (χ3v) is 2.22. The van der Waals surface area contributed by atoms with E-state index >= 15 is 0 Å². The SMILES string of the molecule is O=S(=O)(OF)c1ccc(O)cc1. The molecule has 6 heteroatoms. The molecule has 0 aliphatic carbocycles. The fraction of sp³-hybridized carbons (Fsp3) is 0. The van der Waals surface area contributed by atoms with E-state index in [9.17, 15) is 12.9 Å². The summed E-state index contributed by atoms with van der Waals surface area (Å²) in [5, 5.41) is 8.77. The number of rotatable bonds is 2. The van der Waals surface area contributed by atoms with Crippen molar-refractivity contribution in [1.82, 2.24) is 0 Å². The van der Waals surface area contributed by atoms with E-state index in [1.165, 1.54) is 0 Å². The van der Waals surface area contributed by atoms with E-state index in [4.69, 9.17) is 5.11 Å². The molecule has 0 amide bonds. The van der Waals surface area contributed by atoms with Crippen molar-refractivity contribution in [1.29, 1.82) is 0 Å². The molecule has 0 atom stereocenters. The molecule has 0 spiro atoms. The Morgan fingerprint density at radius 2 is 1.75 bits per heavy atom. The summed E-state index contributed by atoms with van der Waals surface area (Å²) in [7, 11) is -4.29. The Labute approximate surface area is 68.2 Å². The molecule has 0 saturated heterocycles. The van der Waals surface area contributed by atoms with Crippen molar-refractivity contribution in [3.8, 4) is 5.75 Å². The average Bonchev–Trinajstić information content (AvgIpc) is 2.05. The van der Waals surface area contributed by atoms with Crippen LogP contribution in [-0.2, 0) is 14.5 Å². The summed E-state index contributed by atoms with van der Waals surface area (Å²) in [6, 6.07) is 4.30. The van der Waals surface area contributed by atoms with Crippen LogP contribution in [-0.4, -0.2) is 13.5 Å². The Kier molecular flexibility index (Phi) is 2.30. The predicted molar refractivity (Wildman–Crippen MR) is 37.5 cm³/mol.